The summed E-state index contributed by atoms with van der Waals surface area (Å²) in [6, 6.07) is 4.12. The molecule has 1 N–H and O–H groups in total. The number of aromatic nitrogens is 2. The van der Waals surface area contributed by atoms with Gasteiger partial charge in [-0.2, -0.15) is 0 Å². The van der Waals surface area contributed by atoms with Crippen LogP contribution in [0.2, 0.25) is 0 Å². The molecule has 0 aliphatic carbocycles. The van der Waals surface area contributed by atoms with Crippen molar-refractivity contribution < 1.29 is 0 Å². The molecule has 0 radical (unpaired) electrons. The van der Waals surface area contributed by atoms with Gasteiger partial charge in [0.15, 0.2) is 0 Å². The van der Waals surface area contributed by atoms with E-state index in [9.17, 15) is 0 Å². The third-order valence-electron chi connectivity index (χ3n) is 1.69. The molecule has 2 aromatic heterocycles. The number of pyridine rings is 1. The third-order valence-corrected chi connectivity index (χ3v) is 2.52. The van der Waals surface area contributed by atoms with Crippen LogP contribution in [0.4, 0.5) is 0 Å². The highest BCUT2D eigenvalue weighted by Gasteiger charge is 1.99. The lowest BCUT2D eigenvalue weighted by molar-refractivity contribution is 1.31. The smallest absolute Gasteiger partial charge is 0.137 e. The van der Waals surface area contributed by atoms with Crippen molar-refractivity contribution in [2.24, 2.45) is 0 Å². The first-order valence-corrected chi connectivity index (χ1v) is 4.91. The largest absolute Gasteiger partial charge is 0.346 e. The second-order valence-electron chi connectivity index (χ2n) is 2.34. The zero-order valence-electron chi connectivity index (χ0n) is 5.84. The van der Waals surface area contributed by atoms with Gasteiger partial charge in [0, 0.05) is 22.2 Å². The molecule has 0 fully saturated rings. The minimum Gasteiger partial charge on any atom is -0.346 e. The number of aromatic amines is 1. The number of nitrogens with zero attached hydrogens (tertiary/aromatic N) is 1. The fraction of sp³-hybridized carbons (Fsp3) is 0.125. The topological polar surface area (TPSA) is 28.7 Å². The van der Waals surface area contributed by atoms with Gasteiger partial charge in [-0.3, -0.25) is 0 Å². The van der Waals surface area contributed by atoms with Gasteiger partial charge in [0.25, 0.3) is 0 Å². The highest BCUT2D eigenvalue weighted by atomic mass is 127. The van der Waals surface area contributed by atoms with Gasteiger partial charge in [-0.15, -0.1) is 0 Å². The van der Waals surface area contributed by atoms with Crippen molar-refractivity contribution in [3.63, 3.8) is 0 Å². The minimum absolute atomic E-state index is 0.985. The van der Waals surface area contributed by atoms with Crippen molar-refractivity contribution in [1.82, 2.24) is 9.97 Å². The van der Waals surface area contributed by atoms with Gasteiger partial charge in [0.1, 0.15) is 5.65 Å². The van der Waals surface area contributed by atoms with E-state index in [4.69, 9.17) is 0 Å². The standard InChI is InChI=1S/C8H7IN2/c9-5-6-1-3-10-8-7(6)2-4-11-8/h1-4H,5H2,(H,10,11). The maximum atomic E-state index is 4.19. The Kier molecular flexibility index (Phi) is 1.81. The van der Waals surface area contributed by atoms with E-state index in [-0.39, 0.29) is 0 Å². The van der Waals surface area contributed by atoms with Gasteiger partial charge in [0.2, 0.25) is 0 Å². The van der Waals surface area contributed by atoms with Crippen LogP contribution in [-0.4, -0.2) is 9.97 Å². The van der Waals surface area contributed by atoms with Gasteiger partial charge in [-0.25, -0.2) is 4.98 Å². The summed E-state index contributed by atoms with van der Waals surface area (Å²) in [5.74, 6) is 0. The molecule has 0 saturated carbocycles. The first-order valence-electron chi connectivity index (χ1n) is 3.39. The predicted octanol–water partition coefficient (Wildman–Crippen LogP) is 2.50. The molecule has 0 bridgehead atoms. The van der Waals surface area contributed by atoms with E-state index >= 15 is 0 Å². The quantitative estimate of drug-likeness (QED) is 0.617. The Bertz CT molecular complexity index is 367. The van der Waals surface area contributed by atoms with Crippen LogP contribution in [0.15, 0.2) is 24.5 Å². The number of alkyl halides is 1. The molecule has 11 heavy (non-hydrogen) atoms. The summed E-state index contributed by atoms with van der Waals surface area (Å²) in [6.07, 6.45) is 3.76. The van der Waals surface area contributed by atoms with Crippen LogP contribution in [0.1, 0.15) is 5.56 Å². The second kappa shape index (κ2) is 2.81. The lowest BCUT2D eigenvalue weighted by Crippen LogP contribution is -1.80. The summed E-state index contributed by atoms with van der Waals surface area (Å²) in [5.41, 5.74) is 2.33. The third kappa shape index (κ3) is 1.13. The zero-order chi connectivity index (χ0) is 7.68. The normalized spacial score (nSPS) is 10.6. The molecule has 0 spiro atoms. The first-order chi connectivity index (χ1) is 5.42. The monoisotopic (exact) mass is 258 g/mol. The van der Waals surface area contributed by atoms with E-state index in [0.29, 0.717) is 0 Å². The highest BCUT2D eigenvalue weighted by Crippen LogP contribution is 2.17. The summed E-state index contributed by atoms with van der Waals surface area (Å²) in [6.45, 7) is 0. The molecule has 2 rings (SSSR count). The van der Waals surface area contributed by atoms with Gasteiger partial charge in [0.05, 0.1) is 0 Å². The van der Waals surface area contributed by atoms with Crippen molar-refractivity contribution in [3.8, 4) is 0 Å². The molecule has 0 amide bonds. The van der Waals surface area contributed by atoms with Crippen LogP contribution in [0, 0.1) is 0 Å². The maximum Gasteiger partial charge on any atom is 0.137 e. The van der Waals surface area contributed by atoms with E-state index in [1.54, 1.807) is 0 Å². The molecule has 0 aromatic carbocycles. The van der Waals surface area contributed by atoms with Crippen LogP contribution < -0.4 is 0 Å². The summed E-state index contributed by atoms with van der Waals surface area (Å²) in [7, 11) is 0. The van der Waals surface area contributed by atoms with E-state index < -0.39 is 0 Å². The molecule has 0 aliphatic heterocycles. The van der Waals surface area contributed by atoms with Crippen LogP contribution in [0.25, 0.3) is 11.0 Å². The van der Waals surface area contributed by atoms with Gasteiger partial charge >= 0.3 is 0 Å². The lowest BCUT2D eigenvalue weighted by Gasteiger charge is -1.95. The molecular formula is C8H7IN2. The van der Waals surface area contributed by atoms with Crippen LogP contribution in [0.5, 0.6) is 0 Å². The molecule has 2 heterocycles. The molecule has 0 saturated heterocycles. The van der Waals surface area contributed by atoms with Crippen LogP contribution >= 0.6 is 22.6 Å². The Hall–Kier alpha value is -0.580. The summed E-state index contributed by atoms with van der Waals surface area (Å²) in [4.78, 5) is 7.27. The summed E-state index contributed by atoms with van der Waals surface area (Å²) < 4.78 is 1.04. The lowest BCUT2D eigenvalue weighted by atomic mass is 10.2. The zero-order valence-corrected chi connectivity index (χ0v) is 8.00. The Morgan fingerprint density at radius 2 is 2.36 bits per heavy atom. The Balaban J connectivity index is 2.79. The molecule has 3 heteroatoms. The van der Waals surface area contributed by atoms with Crippen molar-refractivity contribution in [1.29, 1.82) is 0 Å². The SMILES string of the molecule is ICc1ccnc2[nH]ccc12. The van der Waals surface area contributed by atoms with Crippen LogP contribution in [0.3, 0.4) is 0 Å². The van der Waals surface area contributed by atoms with E-state index in [0.717, 1.165) is 10.1 Å². The second-order valence-corrected chi connectivity index (χ2v) is 3.11. The van der Waals surface area contributed by atoms with E-state index in [1.807, 2.05) is 12.4 Å². The van der Waals surface area contributed by atoms with Crippen LogP contribution in [-0.2, 0) is 4.43 Å². The Morgan fingerprint density at radius 1 is 1.45 bits per heavy atom. The average molecular weight is 258 g/mol. The highest BCUT2D eigenvalue weighted by molar-refractivity contribution is 14.1. The molecule has 2 nitrogen and oxygen atoms in total. The maximum absolute atomic E-state index is 4.19. The molecule has 2 aromatic rings. The number of fused-ring (bicyclic) bond motifs is 1. The van der Waals surface area contributed by atoms with E-state index in [2.05, 4.69) is 44.7 Å². The number of H-pyrrole nitrogens is 1. The predicted molar refractivity (Wildman–Crippen MR) is 53.8 cm³/mol. The number of halogens is 1. The molecule has 0 atom stereocenters. The van der Waals surface area contributed by atoms with Crippen molar-refractivity contribution in [2.75, 3.05) is 0 Å². The number of hydrogen-bond donors (Lipinski definition) is 1. The Morgan fingerprint density at radius 3 is 3.18 bits per heavy atom. The van der Waals surface area contributed by atoms with Gasteiger partial charge < -0.3 is 4.98 Å². The van der Waals surface area contributed by atoms with Crippen molar-refractivity contribution >= 4 is 33.6 Å². The Labute approximate surface area is 78.2 Å². The molecular weight excluding hydrogens is 251 g/mol. The number of hydrogen-bond acceptors (Lipinski definition) is 1. The molecule has 0 unspecified atom stereocenters. The molecule has 0 aliphatic rings. The number of nitrogens with one attached hydrogen (secondary N) is 1. The first kappa shape index (κ1) is 7.09. The number of rotatable bonds is 1. The average Bonchev–Trinajstić information content (AvgIpc) is 2.50. The van der Waals surface area contributed by atoms with E-state index in [1.165, 1.54) is 10.9 Å². The van der Waals surface area contributed by atoms with Crippen molar-refractivity contribution in [2.45, 2.75) is 4.43 Å². The van der Waals surface area contributed by atoms with Gasteiger partial charge in [-0.1, -0.05) is 22.6 Å². The summed E-state index contributed by atoms with van der Waals surface area (Å²) in [5, 5.41) is 1.24. The fourth-order valence-corrected chi connectivity index (χ4v) is 1.80. The van der Waals surface area contributed by atoms with Gasteiger partial charge in [-0.05, 0) is 17.7 Å². The fourth-order valence-electron chi connectivity index (χ4n) is 1.13. The summed E-state index contributed by atoms with van der Waals surface area (Å²) >= 11 is 2.36. The van der Waals surface area contributed by atoms with Crippen molar-refractivity contribution in [3.05, 3.63) is 30.1 Å². The minimum atomic E-state index is 0.985. The molecule has 56 valence electrons.